The summed E-state index contributed by atoms with van der Waals surface area (Å²) in [5.74, 6) is 0. The molecule has 0 radical (unpaired) electrons. The monoisotopic (exact) mass is 314 g/mol. The molecule has 0 aliphatic heterocycles. The molecular weight excluding hydrogens is 304 g/mol. The summed E-state index contributed by atoms with van der Waals surface area (Å²) in [6, 6.07) is 10.5. The van der Waals surface area contributed by atoms with Crippen LogP contribution in [0.15, 0.2) is 35.7 Å². The Morgan fingerprint density at radius 2 is 2.19 bits per heavy atom. The van der Waals surface area contributed by atoms with Crippen LogP contribution in [0.3, 0.4) is 0 Å². The second-order valence-corrected chi connectivity index (χ2v) is 6.32. The van der Waals surface area contributed by atoms with E-state index in [4.69, 9.17) is 11.6 Å². The molecule has 0 aliphatic rings. The maximum atomic E-state index is 6.24. The second kappa shape index (κ2) is 5.35. The van der Waals surface area contributed by atoms with Gasteiger partial charge in [0.1, 0.15) is 0 Å². The van der Waals surface area contributed by atoms with Crippen molar-refractivity contribution in [2.45, 2.75) is 18.2 Å². The van der Waals surface area contributed by atoms with E-state index in [9.17, 15) is 0 Å². The molecule has 0 fully saturated rings. The molecule has 1 aromatic heterocycles. The molecule has 16 heavy (non-hydrogen) atoms. The molecule has 0 amide bonds. The minimum absolute atomic E-state index is 0.291. The molecule has 0 N–H and O–H groups in total. The zero-order valence-corrected chi connectivity index (χ0v) is 12.1. The lowest BCUT2D eigenvalue weighted by molar-refractivity contribution is 0.968. The molecule has 0 bridgehead atoms. The minimum Gasteiger partial charge on any atom is -0.149 e. The Morgan fingerprint density at radius 3 is 2.81 bits per heavy atom. The van der Waals surface area contributed by atoms with Gasteiger partial charge in [0.15, 0.2) is 0 Å². The Morgan fingerprint density at radius 1 is 1.38 bits per heavy atom. The van der Waals surface area contributed by atoms with Gasteiger partial charge in [0, 0.05) is 14.7 Å². The molecule has 0 spiro atoms. The van der Waals surface area contributed by atoms with E-state index in [1.807, 2.05) is 6.07 Å². The molecule has 0 aliphatic carbocycles. The van der Waals surface area contributed by atoms with Crippen LogP contribution < -0.4 is 0 Å². The van der Waals surface area contributed by atoms with Crippen LogP contribution in [0.1, 0.15) is 20.8 Å². The number of alkyl halides is 1. The highest BCUT2D eigenvalue weighted by Gasteiger charge is 2.12. The highest BCUT2D eigenvalue weighted by molar-refractivity contribution is 9.09. The molecule has 0 nitrogen and oxygen atoms in total. The Kier molecular flexibility index (Phi) is 4.06. The summed E-state index contributed by atoms with van der Waals surface area (Å²) in [5.41, 5.74) is 2.37. The van der Waals surface area contributed by atoms with Gasteiger partial charge in [-0.05, 0) is 42.0 Å². The Labute approximate surface area is 113 Å². The van der Waals surface area contributed by atoms with Gasteiger partial charge in [-0.3, -0.25) is 0 Å². The van der Waals surface area contributed by atoms with Crippen LogP contribution >= 0.6 is 38.9 Å². The summed E-state index contributed by atoms with van der Waals surface area (Å²) in [5, 5.41) is 2.95. The standard InChI is InChI=1S/C13H12BrClS/c1-9-4-5-11(13(15)7-9)12(14)8-10-3-2-6-16-10/h2-7,12H,8H2,1H3. The van der Waals surface area contributed by atoms with Crippen molar-refractivity contribution >= 4 is 38.9 Å². The summed E-state index contributed by atoms with van der Waals surface area (Å²) in [6.07, 6.45) is 0.987. The molecule has 1 atom stereocenters. The predicted molar refractivity (Wildman–Crippen MR) is 75.9 cm³/mol. The smallest absolute Gasteiger partial charge is 0.0458 e. The van der Waals surface area contributed by atoms with Crippen molar-refractivity contribution in [3.63, 3.8) is 0 Å². The number of benzene rings is 1. The number of aryl methyl sites for hydroxylation is 1. The number of hydrogen-bond acceptors (Lipinski definition) is 1. The average Bonchev–Trinajstić information content (AvgIpc) is 2.70. The van der Waals surface area contributed by atoms with Crippen LogP contribution in [0.5, 0.6) is 0 Å². The zero-order chi connectivity index (χ0) is 11.5. The predicted octanol–water partition coefficient (Wildman–Crippen LogP) is 5.39. The van der Waals surface area contributed by atoms with Gasteiger partial charge in [0.05, 0.1) is 0 Å². The van der Waals surface area contributed by atoms with Crippen molar-refractivity contribution in [1.82, 2.24) is 0 Å². The van der Waals surface area contributed by atoms with Crippen molar-refractivity contribution in [2.24, 2.45) is 0 Å². The summed E-state index contributed by atoms with van der Waals surface area (Å²) < 4.78 is 0. The van der Waals surface area contributed by atoms with Gasteiger partial charge in [0.2, 0.25) is 0 Å². The topological polar surface area (TPSA) is 0 Å². The lowest BCUT2D eigenvalue weighted by Crippen LogP contribution is -1.95. The van der Waals surface area contributed by atoms with Gasteiger partial charge in [0.25, 0.3) is 0 Å². The number of rotatable bonds is 3. The first-order valence-corrected chi connectivity index (χ1v) is 7.26. The third-order valence-electron chi connectivity index (χ3n) is 2.45. The molecule has 2 aromatic rings. The van der Waals surface area contributed by atoms with Crippen LogP contribution in [0, 0.1) is 6.92 Å². The molecule has 1 aromatic carbocycles. The molecule has 84 valence electrons. The van der Waals surface area contributed by atoms with Crippen LogP contribution in [0.25, 0.3) is 0 Å². The van der Waals surface area contributed by atoms with E-state index in [2.05, 4.69) is 52.5 Å². The summed E-state index contributed by atoms with van der Waals surface area (Å²) in [4.78, 5) is 1.66. The molecule has 1 unspecified atom stereocenters. The molecule has 1 heterocycles. The molecule has 0 saturated heterocycles. The number of hydrogen-bond donors (Lipinski definition) is 0. The Balaban J connectivity index is 2.17. The van der Waals surface area contributed by atoms with Crippen LogP contribution in [0.4, 0.5) is 0 Å². The first-order chi connectivity index (χ1) is 7.66. The van der Waals surface area contributed by atoms with Crippen molar-refractivity contribution in [1.29, 1.82) is 0 Å². The number of halogens is 2. The lowest BCUT2D eigenvalue weighted by Gasteiger charge is -2.11. The normalized spacial score (nSPS) is 12.7. The Bertz CT molecular complexity index is 465. The van der Waals surface area contributed by atoms with Gasteiger partial charge >= 0.3 is 0 Å². The first-order valence-electron chi connectivity index (χ1n) is 5.09. The summed E-state index contributed by atoms with van der Waals surface area (Å²) in [6.45, 7) is 2.05. The van der Waals surface area contributed by atoms with Crippen LogP contribution in [-0.2, 0) is 6.42 Å². The fraction of sp³-hybridized carbons (Fsp3) is 0.231. The van der Waals surface area contributed by atoms with E-state index in [0.717, 1.165) is 11.4 Å². The first kappa shape index (κ1) is 12.2. The van der Waals surface area contributed by atoms with E-state index in [-0.39, 0.29) is 0 Å². The van der Waals surface area contributed by atoms with Crippen molar-refractivity contribution in [3.8, 4) is 0 Å². The van der Waals surface area contributed by atoms with Gasteiger partial charge < -0.3 is 0 Å². The molecule has 3 heteroatoms. The van der Waals surface area contributed by atoms with Gasteiger partial charge in [-0.1, -0.05) is 45.7 Å². The van der Waals surface area contributed by atoms with E-state index >= 15 is 0 Å². The highest BCUT2D eigenvalue weighted by Crippen LogP contribution is 2.33. The molecular formula is C13H12BrClS. The minimum atomic E-state index is 0.291. The largest absolute Gasteiger partial charge is 0.149 e. The van der Waals surface area contributed by atoms with Crippen molar-refractivity contribution in [3.05, 3.63) is 56.7 Å². The van der Waals surface area contributed by atoms with Gasteiger partial charge in [-0.25, -0.2) is 0 Å². The fourth-order valence-electron chi connectivity index (χ4n) is 1.60. The van der Waals surface area contributed by atoms with Crippen molar-refractivity contribution in [2.75, 3.05) is 0 Å². The number of thiophene rings is 1. The molecule has 0 saturated carbocycles. The van der Waals surface area contributed by atoms with E-state index in [1.54, 1.807) is 11.3 Å². The maximum Gasteiger partial charge on any atom is 0.0458 e. The van der Waals surface area contributed by atoms with E-state index in [0.29, 0.717) is 4.83 Å². The van der Waals surface area contributed by atoms with E-state index in [1.165, 1.54) is 16.0 Å². The Hall–Kier alpha value is -0.310. The van der Waals surface area contributed by atoms with Gasteiger partial charge in [-0.15, -0.1) is 11.3 Å². The average molecular weight is 316 g/mol. The third kappa shape index (κ3) is 2.88. The highest BCUT2D eigenvalue weighted by atomic mass is 79.9. The van der Waals surface area contributed by atoms with Gasteiger partial charge in [-0.2, -0.15) is 0 Å². The SMILES string of the molecule is Cc1ccc(C(Br)Cc2cccs2)c(Cl)c1. The summed E-state index contributed by atoms with van der Waals surface area (Å²) >= 11 is 11.7. The molecule has 2 rings (SSSR count). The van der Waals surface area contributed by atoms with Crippen LogP contribution in [0.2, 0.25) is 5.02 Å². The second-order valence-electron chi connectivity index (χ2n) is 3.78. The summed E-state index contributed by atoms with van der Waals surface area (Å²) in [7, 11) is 0. The van der Waals surface area contributed by atoms with Crippen LogP contribution in [-0.4, -0.2) is 0 Å². The maximum absolute atomic E-state index is 6.24. The lowest BCUT2D eigenvalue weighted by atomic mass is 10.1. The fourth-order valence-corrected chi connectivity index (χ4v) is 3.81. The zero-order valence-electron chi connectivity index (χ0n) is 8.91. The van der Waals surface area contributed by atoms with Crippen molar-refractivity contribution < 1.29 is 0 Å². The third-order valence-corrected chi connectivity index (χ3v) is 4.50. The quantitative estimate of drug-likeness (QED) is 0.666. The van der Waals surface area contributed by atoms with E-state index < -0.39 is 0 Å².